The van der Waals surface area contributed by atoms with E-state index in [9.17, 15) is 0 Å². The Balaban J connectivity index is 3.24. The molecule has 1 aromatic carbocycles. The maximum Gasteiger partial charge on any atom is 0.150 e. The highest BCUT2D eigenvalue weighted by atomic mass is 127. The highest BCUT2D eigenvalue weighted by molar-refractivity contribution is 14.1. The van der Waals surface area contributed by atoms with Crippen molar-refractivity contribution in [3.05, 3.63) is 20.2 Å². The van der Waals surface area contributed by atoms with Crippen LogP contribution in [0, 0.1) is 3.57 Å². The molecule has 0 aliphatic rings. The standard InChI is InChI=1S/C8H8BrIO2/c1-11-6-4-3-5(9)8(12-2)7(6)10/h3-4H,1-2H3. The molecule has 66 valence electrons. The van der Waals surface area contributed by atoms with Gasteiger partial charge in [0.1, 0.15) is 11.5 Å². The summed E-state index contributed by atoms with van der Waals surface area (Å²) in [7, 11) is 3.28. The molecule has 0 aliphatic carbocycles. The Hall–Kier alpha value is 0.0300. The van der Waals surface area contributed by atoms with Crippen LogP contribution in [0.2, 0.25) is 0 Å². The van der Waals surface area contributed by atoms with Gasteiger partial charge in [-0.15, -0.1) is 0 Å². The topological polar surface area (TPSA) is 18.5 Å². The van der Waals surface area contributed by atoms with Gasteiger partial charge in [0.15, 0.2) is 0 Å². The van der Waals surface area contributed by atoms with Gasteiger partial charge >= 0.3 is 0 Å². The lowest BCUT2D eigenvalue weighted by molar-refractivity contribution is 0.387. The van der Waals surface area contributed by atoms with E-state index in [0.29, 0.717) is 0 Å². The van der Waals surface area contributed by atoms with Gasteiger partial charge in [-0.1, -0.05) is 0 Å². The normalized spacial score (nSPS) is 9.67. The summed E-state index contributed by atoms with van der Waals surface area (Å²) in [5.41, 5.74) is 0. The fourth-order valence-corrected chi connectivity index (χ4v) is 2.63. The smallest absolute Gasteiger partial charge is 0.150 e. The van der Waals surface area contributed by atoms with E-state index in [2.05, 4.69) is 38.5 Å². The van der Waals surface area contributed by atoms with Crippen LogP contribution in [0.5, 0.6) is 11.5 Å². The molecule has 1 aromatic rings. The highest BCUT2D eigenvalue weighted by Gasteiger charge is 2.09. The maximum atomic E-state index is 5.18. The van der Waals surface area contributed by atoms with E-state index in [1.165, 1.54) is 0 Å². The summed E-state index contributed by atoms with van der Waals surface area (Å²) in [4.78, 5) is 0. The Morgan fingerprint density at radius 2 is 1.92 bits per heavy atom. The minimum absolute atomic E-state index is 0.815. The molecule has 0 unspecified atom stereocenters. The lowest BCUT2D eigenvalue weighted by atomic mass is 10.3. The molecule has 0 spiro atoms. The van der Waals surface area contributed by atoms with Crippen molar-refractivity contribution in [3.8, 4) is 11.5 Å². The van der Waals surface area contributed by atoms with Crippen LogP contribution < -0.4 is 9.47 Å². The molecule has 12 heavy (non-hydrogen) atoms. The first-order chi connectivity index (χ1) is 5.70. The van der Waals surface area contributed by atoms with Crippen LogP contribution >= 0.6 is 38.5 Å². The second-order valence-electron chi connectivity index (χ2n) is 2.10. The predicted octanol–water partition coefficient (Wildman–Crippen LogP) is 3.07. The molecule has 4 heteroatoms. The summed E-state index contributed by atoms with van der Waals surface area (Å²) in [6, 6.07) is 3.80. The molecule has 2 nitrogen and oxygen atoms in total. The summed E-state index contributed by atoms with van der Waals surface area (Å²) >= 11 is 5.57. The predicted molar refractivity (Wildman–Crippen MR) is 60.0 cm³/mol. The van der Waals surface area contributed by atoms with Crippen molar-refractivity contribution in [3.63, 3.8) is 0 Å². The fourth-order valence-electron chi connectivity index (χ4n) is 0.859. The summed E-state index contributed by atoms with van der Waals surface area (Å²) in [5, 5.41) is 0. The number of ether oxygens (including phenoxy) is 2. The van der Waals surface area contributed by atoms with Gasteiger partial charge < -0.3 is 9.47 Å². The van der Waals surface area contributed by atoms with Crippen molar-refractivity contribution in [2.24, 2.45) is 0 Å². The SMILES string of the molecule is COc1ccc(Br)c(OC)c1I. The zero-order chi connectivity index (χ0) is 9.14. The lowest BCUT2D eigenvalue weighted by Gasteiger charge is -2.09. The molecule has 0 saturated carbocycles. The number of rotatable bonds is 2. The monoisotopic (exact) mass is 342 g/mol. The van der Waals surface area contributed by atoms with E-state index < -0.39 is 0 Å². The van der Waals surface area contributed by atoms with E-state index in [1.54, 1.807) is 14.2 Å². The molecule has 0 radical (unpaired) electrons. The van der Waals surface area contributed by atoms with Gasteiger partial charge in [0.2, 0.25) is 0 Å². The van der Waals surface area contributed by atoms with Gasteiger partial charge in [-0.2, -0.15) is 0 Å². The first-order valence-electron chi connectivity index (χ1n) is 3.26. The molecule has 0 bridgehead atoms. The number of hydrogen-bond donors (Lipinski definition) is 0. The van der Waals surface area contributed by atoms with Gasteiger partial charge in [0, 0.05) is 0 Å². The zero-order valence-corrected chi connectivity index (χ0v) is 10.5. The largest absolute Gasteiger partial charge is 0.496 e. The van der Waals surface area contributed by atoms with Gasteiger partial charge in [-0.05, 0) is 50.7 Å². The summed E-state index contributed by atoms with van der Waals surface area (Å²) in [6.07, 6.45) is 0. The summed E-state index contributed by atoms with van der Waals surface area (Å²) in [6.45, 7) is 0. The average Bonchev–Trinajstić information content (AvgIpc) is 2.06. The minimum Gasteiger partial charge on any atom is -0.496 e. The lowest BCUT2D eigenvalue weighted by Crippen LogP contribution is -1.92. The van der Waals surface area contributed by atoms with Crippen molar-refractivity contribution in [2.75, 3.05) is 14.2 Å². The average molecular weight is 343 g/mol. The number of methoxy groups -OCH3 is 2. The van der Waals surface area contributed by atoms with Crippen molar-refractivity contribution in [2.45, 2.75) is 0 Å². The van der Waals surface area contributed by atoms with Crippen LogP contribution in [0.15, 0.2) is 16.6 Å². The molecular formula is C8H8BrIO2. The minimum atomic E-state index is 0.815. The molecule has 0 saturated heterocycles. The highest BCUT2D eigenvalue weighted by Crippen LogP contribution is 2.36. The van der Waals surface area contributed by atoms with Crippen molar-refractivity contribution in [1.29, 1.82) is 0 Å². The Labute approximate surface area is 93.5 Å². The third-order valence-corrected chi connectivity index (χ3v) is 3.08. The fraction of sp³-hybridized carbons (Fsp3) is 0.250. The molecule has 0 N–H and O–H groups in total. The van der Waals surface area contributed by atoms with Crippen LogP contribution in [0.1, 0.15) is 0 Å². The Morgan fingerprint density at radius 3 is 2.42 bits per heavy atom. The maximum absolute atomic E-state index is 5.18. The van der Waals surface area contributed by atoms with Gasteiger partial charge in [0.25, 0.3) is 0 Å². The van der Waals surface area contributed by atoms with Crippen LogP contribution in [0.3, 0.4) is 0 Å². The molecule has 0 aromatic heterocycles. The van der Waals surface area contributed by atoms with Crippen molar-refractivity contribution < 1.29 is 9.47 Å². The van der Waals surface area contributed by atoms with Gasteiger partial charge in [-0.25, -0.2) is 0 Å². The van der Waals surface area contributed by atoms with E-state index in [0.717, 1.165) is 19.5 Å². The Morgan fingerprint density at radius 1 is 1.25 bits per heavy atom. The van der Waals surface area contributed by atoms with Gasteiger partial charge in [-0.3, -0.25) is 0 Å². The molecule has 0 heterocycles. The Kier molecular flexibility index (Phi) is 3.64. The molecule has 0 aliphatic heterocycles. The third kappa shape index (κ3) is 1.85. The van der Waals surface area contributed by atoms with E-state index >= 15 is 0 Å². The summed E-state index contributed by atoms with van der Waals surface area (Å²) < 4.78 is 12.2. The molecule has 0 atom stereocenters. The van der Waals surface area contributed by atoms with Gasteiger partial charge in [0.05, 0.1) is 22.3 Å². The van der Waals surface area contributed by atoms with Crippen LogP contribution in [-0.2, 0) is 0 Å². The first-order valence-corrected chi connectivity index (χ1v) is 5.14. The van der Waals surface area contributed by atoms with E-state index in [4.69, 9.17) is 9.47 Å². The summed E-state index contributed by atoms with van der Waals surface area (Å²) in [5.74, 6) is 1.64. The van der Waals surface area contributed by atoms with Crippen LogP contribution in [0.25, 0.3) is 0 Å². The van der Waals surface area contributed by atoms with Crippen molar-refractivity contribution in [1.82, 2.24) is 0 Å². The molecule has 0 fully saturated rings. The third-order valence-electron chi connectivity index (χ3n) is 1.44. The number of hydrogen-bond acceptors (Lipinski definition) is 2. The molecular weight excluding hydrogens is 335 g/mol. The Bertz CT molecular complexity index is 289. The second-order valence-corrected chi connectivity index (χ2v) is 4.03. The first kappa shape index (κ1) is 10.1. The quantitative estimate of drug-likeness (QED) is 0.769. The second kappa shape index (κ2) is 4.32. The number of benzene rings is 1. The van der Waals surface area contributed by atoms with E-state index in [-0.39, 0.29) is 0 Å². The number of halogens is 2. The van der Waals surface area contributed by atoms with Crippen LogP contribution in [-0.4, -0.2) is 14.2 Å². The van der Waals surface area contributed by atoms with Crippen LogP contribution in [0.4, 0.5) is 0 Å². The zero-order valence-electron chi connectivity index (χ0n) is 6.73. The molecule has 1 rings (SSSR count). The van der Waals surface area contributed by atoms with E-state index in [1.807, 2.05) is 12.1 Å². The molecule has 0 amide bonds. The van der Waals surface area contributed by atoms with Crippen molar-refractivity contribution >= 4 is 38.5 Å².